The van der Waals surface area contributed by atoms with E-state index in [0.29, 0.717) is 33.8 Å². The number of nitrogens with one attached hydrogen (secondary N) is 1. The third kappa shape index (κ3) is 4.48. The Balaban J connectivity index is 1.63. The highest BCUT2D eigenvalue weighted by atomic mass is 19.4. The molecule has 1 aliphatic heterocycles. The van der Waals surface area contributed by atoms with E-state index in [2.05, 4.69) is 26.2 Å². The highest BCUT2D eigenvalue weighted by Crippen LogP contribution is 2.48. The SMILES string of the molecule is C#Cc1ccc(NC(=O)c2cc(-c3ccnc4c3C(C)(C)C(=O)N4c3cccnc3)ccc2C(F)(F)F)nc1. The smallest absolute Gasteiger partial charge is 0.307 e. The van der Waals surface area contributed by atoms with Gasteiger partial charge in [-0.2, -0.15) is 13.2 Å². The average Bonchev–Trinajstić information content (AvgIpc) is 3.13. The summed E-state index contributed by atoms with van der Waals surface area (Å²) in [6.45, 7) is 3.44. The van der Waals surface area contributed by atoms with E-state index < -0.39 is 28.6 Å². The van der Waals surface area contributed by atoms with Crippen molar-refractivity contribution in [1.82, 2.24) is 15.0 Å². The fraction of sp³-hybridized carbons (Fsp3) is 0.138. The number of halogens is 3. The summed E-state index contributed by atoms with van der Waals surface area (Å²) >= 11 is 0. The van der Waals surface area contributed by atoms with Gasteiger partial charge in [0.1, 0.15) is 11.6 Å². The van der Waals surface area contributed by atoms with Crippen LogP contribution in [0.25, 0.3) is 11.1 Å². The summed E-state index contributed by atoms with van der Waals surface area (Å²) in [5, 5.41) is 2.40. The number of aromatic nitrogens is 3. The Kier molecular flexibility index (Phi) is 6.15. The minimum atomic E-state index is -4.79. The first-order chi connectivity index (χ1) is 18.5. The number of pyridine rings is 3. The number of anilines is 3. The number of terminal acetylenes is 1. The molecule has 0 unspecified atom stereocenters. The van der Waals surface area contributed by atoms with E-state index in [0.717, 1.165) is 12.1 Å². The molecular formula is C29H20F3N5O2. The fourth-order valence-corrected chi connectivity index (χ4v) is 4.57. The Morgan fingerprint density at radius 2 is 1.85 bits per heavy atom. The highest BCUT2D eigenvalue weighted by molar-refractivity contribution is 6.13. The summed E-state index contributed by atoms with van der Waals surface area (Å²) in [5.74, 6) is 1.50. The average molecular weight is 528 g/mol. The minimum Gasteiger partial charge on any atom is -0.307 e. The molecular weight excluding hydrogens is 507 g/mol. The van der Waals surface area contributed by atoms with Crippen molar-refractivity contribution in [3.63, 3.8) is 0 Å². The lowest BCUT2D eigenvalue weighted by atomic mass is 9.82. The molecule has 194 valence electrons. The van der Waals surface area contributed by atoms with Crippen LogP contribution in [-0.2, 0) is 16.4 Å². The Morgan fingerprint density at radius 1 is 1.05 bits per heavy atom. The minimum absolute atomic E-state index is 0.0428. The van der Waals surface area contributed by atoms with Crippen LogP contribution in [0.2, 0.25) is 0 Å². The molecule has 39 heavy (non-hydrogen) atoms. The second-order valence-electron chi connectivity index (χ2n) is 9.32. The van der Waals surface area contributed by atoms with Crippen LogP contribution >= 0.6 is 0 Å². The highest BCUT2D eigenvalue weighted by Gasteiger charge is 2.47. The van der Waals surface area contributed by atoms with Crippen LogP contribution < -0.4 is 10.2 Å². The predicted octanol–water partition coefficient (Wildman–Crippen LogP) is 5.75. The molecule has 0 saturated heterocycles. The van der Waals surface area contributed by atoms with E-state index in [1.165, 1.54) is 41.7 Å². The fourth-order valence-electron chi connectivity index (χ4n) is 4.57. The lowest BCUT2D eigenvalue weighted by Gasteiger charge is -2.20. The zero-order chi connectivity index (χ0) is 27.9. The monoisotopic (exact) mass is 527 g/mol. The van der Waals surface area contributed by atoms with Gasteiger partial charge in [0.15, 0.2) is 0 Å². The quantitative estimate of drug-likeness (QED) is 0.342. The number of rotatable bonds is 4. The number of amides is 2. The number of fused-ring (bicyclic) bond motifs is 1. The summed E-state index contributed by atoms with van der Waals surface area (Å²) in [4.78, 5) is 40.5. The van der Waals surface area contributed by atoms with Crippen molar-refractivity contribution in [1.29, 1.82) is 0 Å². The zero-order valence-corrected chi connectivity index (χ0v) is 20.7. The molecule has 2 amide bonds. The number of alkyl halides is 3. The number of hydrogen-bond donors (Lipinski definition) is 1. The lowest BCUT2D eigenvalue weighted by molar-refractivity contribution is -0.137. The standard InChI is InChI=1S/C29H20F3N5O2/c1-4-17-7-10-23(35-15-17)36-26(38)21-14-18(8-9-22(21)29(30,31)32)20-11-13-34-25-24(20)28(2,3)27(39)37(25)19-6-5-12-33-16-19/h1,5-16H,2-3H3,(H,35,36,38). The first-order valence-electron chi connectivity index (χ1n) is 11.7. The largest absolute Gasteiger partial charge is 0.417 e. The molecule has 3 aromatic heterocycles. The third-order valence-corrected chi connectivity index (χ3v) is 6.46. The van der Waals surface area contributed by atoms with Gasteiger partial charge in [0.2, 0.25) is 5.91 Å². The number of carbonyl (C=O) groups is 2. The Hall–Kier alpha value is -5.04. The maximum absolute atomic E-state index is 13.9. The maximum atomic E-state index is 13.9. The van der Waals surface area contributed by atoms with Gasteiger partial charge >= 0.3 is 6.18 Å². The van der Waals surface area contributed by atoms with Crippen molar-refractivity contribution >= 4 is 29.1 Å². The Morgan fingerprint density at radius 3 is 2.49 bits per heavy atom. The van der Waals surface area contributed by atoms with Gasteiger partial charge in [0.05, 0.1) is 28.4 Å². The molecule has 10 heteroatoms. The number of carbonyl (C=O) groups excluding carboxylic acids is 2. The summed E-state index contributed by atoms with van der Waals surface area (Å²) in [7, 11) is 0. The van der Waals surface area contributed by atoms with Gasteiger partial charge < -0.3 is 5.32 Å². The Labute approximate surface area is 221 Å². The van der Waals surface area contributed by atoms with E-state index in [-0.39, 0.29) is 11.7 Å². The van der Waals surface area contributed by atoms with E-state index in [1.807, 2.05) is 0 Å². The van der Waals surface area contributed by atoms with Crippen LogP contribution in [0.15, 0.2) is 73.3 Å². The predicted molar refractivity (Wildman–Crippen MR) is 139 cm³/mol. The molecule has 5 rings (SSSR count). The summed E-state index contributed by atoms with van der Waals surface area (Å²) in [6.07, 6.45) is 6.42. The summed E-state index contributed by atoms with van der Waals surface area (Å²) in [5.41, 5.74) is -0.494. The second kappa shape index (κ2) is 9.36. The van der Waals surface area contributed by atoms with Crippen LogP contribution in [0.4, 0.5) is 30.5 Å². The summed E-state index contributed by atoms with van der Waals surface area (Å²) < 4.78 is 41.8. The van der Waals surface area contributed by atoms with E-state index in [1.54, 1.807) is 38.2 Å². The molecule has 4 heterocycles. The van der Waals surface area contributed by atoms with Gasteiger partial charge in [-0.05, 0) is 67.4 Å². The molecule has 0 fully saturated rings. The van der Waals surface area contributed by atoms with Crippen LogP contribution in [-0.4, -0.2) is 26.8 Å². The van der Waals surface area contributed by atoms with Crippen LogP contribution in [0.3, 0.4) is 0 Å². The van der Waals surface area contributed by atoms with E-state index in [4.69, 9.17) is 6.42 Å². The number of hydrogen-bond acceptors (Lipinski definition) is 5. The zero-order valence-electron chi connectivity index (χ0n) is 20.7. The molecule has 4 aromatic rings. The molecule has 1 N–H and O–H groups in total. The van der Waals surface area contributed by atoms with Gasteiger partial charge in [-0.1, -0.05) is 12.0 Å². The van der Waals surface area contributed by atoms with Gasteiger partial charge in [-0.25, -0.2) is 9.97 Å². The van der Waals surface area contributed by atoms with E-state index in [9.17, 15) is 22.8 Å². The Bertz CT molecular complexity index is 1640. The van der Waals surface area contributed by atoms with Crippen LogP contribution in [0.5, 0.6) is 0 Å². The van der Waals surface area contributed by atoms with Crippen molar-refractivity contribution < 1.29 is 22.8 Å². The van der Waals surface area contributed by atoms with Crippen molar-refractivity contribution in [2.24, 2.45) is 0 Å². The topological polar surface area (TPSA) is 88.1 Å². The van der Waals surface area contributed by atoms with Crippen LogP contribution in [0, 0.1) is 12.3 Å². The van der Waals surface area contributed by atoms with Crippen molar-refractivity contribution in [3.05, 3.63) is 95.6 Å². The number of benzene rings is 1. The molecule has 1 aromatic carbocycles. The normalized spacial score (nSPS) is 14.1. The van der Waals surface area contributed by atoms with Gasteiger partial charge in [0.25, 0.3) is 5.91 Å². The second-order valence-corrected chi connectivity index (χ2v) is 9.32. The molecule has 1 aliphatic rings. The first kappa shape index (κ1) is 25.6. The first-order valence-corrected chi connectivity index (χ1v) is 11.7. The van der Waals surface area contributed by atoms with Gasteiger partial charge in [-0.15, -0.1) is 6.42 Å². The molecule has 0 aliphatic carbocycles. The molecule has 0 atom stereocenters. The summed E-state index contributed by atoms with van der Waals surface area (Å²) in [6, 6.07) is 11.2. The number of nitrogens with zero attached hydrogens (tertiary/aromatic N) is 4. The van der Waals surface area contributed by atoms with E-state index >= 15 is 0 Å². The van der Waals surface area contributed by atoms with Crippen molar-refractivity contribution in [2.75, 3.05) is 10.2 Å². The molecule has 7 nitrogen and oxygen atoms in total. The maximum Gasteiger partial charge on any atom is 0.417 e. The molecule has 0 bridgehead atoms. The van der Waals surface area contributed by atoms with Gasteiger partial charge in [-0.3, -0.25) is 19.5 Å². The third-order valence-electron chi connectivity index (χ3n) is 6.46. The molecule has 0 radical (unpaired) electrons. The van der Waals surface area contributed by atoms with Crippen LogP contribution in [0.1, 0.15) is 40.9 Å². The van der Waals surface area contributed by atoms with Gasteiger partial charge in [0, 0.05) is 29.7 Å². The molecule has 0 spiro atoms. The van der Waals surface area contributed by atoms with Crippen molar-refractivity contribution in [2.45, 2.75) is 25.4 Å². The van der Waals surface area contributed by atoms with Crippen molar-refractivity contribution in [3.8, 4) is 23.5 Å². The lowest BCUT2D eigenvalue weighted by Crippen LogP contribution is -2.33. The molecule has 0 saturated carbocycles.